The number of carbonyl (C=O) groups is 1. The van der Waals surface area contributed by atoms with Crippen LogP contribution < -0.4 is 0 Å². The lowest BCUT2D eigenvalue weighted by Crippen LogP contribution is -1.75. The third-order valence-corrected chi connectivity index (χ3v) is 1.86. The number of aldehydes is 1. The second kappa shape index (κ2) is 11.2. The Balaban J connectivity index is 3.03. The summed E-state index contributed by atoms with van der Waals surface area (Å²) in [5.74, 6) is 0. The number of allylic oxidation sites excluding steroid dienone is 4. The van der Waals surface area contributed by atoms with Gasteiger partial charge in [0.2, 0.25) is 0 Å². The van der Waals surface area contributed by atoms with Gasteiger partial charge in [-0.1, -0.05) is 31.6 Å². The third-order valence-electron chi connectivity index (χ3n) is 1.86. The molecule has 1 nitrogen and oxygen atoms in total. The lowest BCUT2D eigenvalue weighted by Gasteiger charge is -1.94. The highest BCUT2D eigenvalue weighted by molar-refractivity contribution is 5.64. The molecule has 0 N–H and O–H groups in total. The molecule has 0 saturated carbocycles. The highest BCUT2D eigenvalue weighted by atomic mass is 16.1. The molecule has 0 amide bonds. The van der Waals surface area contributed by atoms with Gasteiger partial charge in [0.1, 0.15) is 6.29 Å². The van der Waals surface area contributed by atoms with Gasteiger partial charge in [0.25, 0.3) is 0 Å². The maximum atomic E-state index is 9.92. The lowest BCUT2D eigenvalue weighted by atomic mass is 10.1. The second-order valence-corrected chi connectivity index (χ2v) is 3.08. The minimum atomic E-state index is 0.837. The standard InChI is InChI=1S/C12H20O/c1-2-3-4-5-6-7-8-9-10-11-12-13/h3-4,10-12H,2,5-9H2,1H3/b4-3+,11-10?. The van der Waals surface area contributed by atoms with Crippen molar-refractivity contribution in [3.05, 3.63) is 24.3 Å². The van der Waals surface area contributed by atoms with Gasteiger partial charge in [-0.3, -0.25) is 4.79 Å². The fourth-order valence-electron chi connectivity index (χ4n) is 1.14. The van der Waals surface area contributed by atoms with E-state index in [9.17, 15) is 4.79 Å². The summed E-state index contributed by atoms with van der Waals surface area (Å²) in [5.41, 5.74) is 0. The lowest BCUT2D eigenvalue weighted by molar-refractivity contribution is -0.104. The molecule has 0 radical (unpaired) electrons. The molecule has 0 bridgehead atoms. The molecule has 74 valence electrons. The van der Waals surface area contributed by atoms with Crippen molar-refractivity contribution in [2.24, 2.45) is 0 Å². The average Bonchev–Trinajstić information content (AvgIpc) is 2.16. The molecule has 0 aliphatic heterocycles. The van der Waals surface area contributed by atoms with Gasteiger partial charge in [0.05, 0.1) is 0 Å². The monoisotopic (exact) mass is 180 g/mol. The Bertz CT molecular complexity index is 157. The molecule has 0 aromatic rings. The van der Waals surface area contributed by atoms with Crippen molar-refractivity contribution in [3.63, 3.8) is 0 Å². The van der Waals surface area contributed by atoms with Crippen LogP contribution in [0.1, 0.15) is 45.4 Å². The van der Waals surface area contributed by atoms with E-state index in [0.29, 0.717) is 0 Å². The zero-order chi connectivity index (χ0) is 9.78. The maximum absolute atomic E-state index is 9.92. The van der Waals surface area contributed by atoms with Gasteiger partial charge in [-0.25, -0.2) is 0 Å². The molecular formula is C12H20O. The molecule has 0 unspecified atom stereocenters. The van der Waals surface area contributed by atoms with Crippen molar-refractivity contribution in [2.75, 3.05) is 0 Å². The largest absolute Gasteiger partial charge is 0.299 e. The van der Waals surface area contributed by atoms with Crippen LogP contribution in [-0.2, 0) is 4.79 Å². The van der Waals surface area contributed by atoms with Crippen molar-refractivity contribution in [2.45, 2.75) is 45.4 Å². The summed E-state index contributed by atoms with van der Waals surface area (Å²) in [6, 6.07) is 0. The summed E-state index contributed by atoms with van der Waals surface area (Å²) in [6.45, 7) is 2.15. The fourth-order valence-corrected chi connectivity index (χ4v) is 1.14. The van der Waals surface area contributed by atoms with Gasteiger partial charge >= 0.3 is 0 Å². The van der Waals surface area contributed by atoms with Gasteiger partial charge in [0.15, 0.2) is 0 Å². The molecule has 0 aliphatic rings. The van der Waals surface area contributed by atoms with Gasteiger partial charge in [-0.2, -0.15) is 0 Å². The number of hydrogen-bond donors (Lipinski definition) is 0. The van der Waals surface area contributed by atoms with Crippen LogP contribution in [0.15, 0.2) is 24.3 Å². The van der Waals surface area contributed by atoms with E-state index in [1.165, 1.54) is 25.7 Å². The minimum Gasteiger partial charge on any atom is -0.299 e. The Morgan fingerprint density at radius 2 is 1.62 bits per heavy atom. The maximum Gasteiger partial charge on any atom is 0.142 e. The molecule has 0 atom stereocenters. The Morgan fingerprint density at radius 3 is 2.23 bits per heavy atom. The van der Waals surface area contributed by atoms with Crippen molar-refractivity contribution in [3.8, 4) is 0 Å². The van der Waals surface area contributed by atoms with Crippen LogP contribution in [0.25, 0.3) is 0 Å². The van der Waals surface area contributed by atoms with Gasteiger partial charge < -0.3 is 0 Å². The molecule has 0 heterocycles. The summed E-state index contributed by atoms with van der Waals surface area (Å²) in [4.78, 5) is 9.92. The normalized spacial score (nSPS) is 11.5. The van der Waals surface area contributed by atoms with E-state index in [-0.39, 0.29) is 0 Å². The first-order valence-corrected chi connectivity index (χ1v) is 5.17. The van der Waals surface area contributed by atoms with E-state index in [4.69, 9.17) is 0 Å². The van der Waals surface area contributed by atoms with Gasteiger partial charge in [-0.05, 0) is 38.2 Å². The topological polar surface area (TPSA) is 17.1 Å². The van der Waals surface area contributed by atoms with Crippen molar-refractivity contribution >= 4 is 6.29 Å². The molecule has 0 aromatic heterocycles. The predicted molar refractivity (Wildman–Crippen MR) is 57.7 cm³/mol. The van der Waals surface area contributed by atoms with Crippen molar-refractivity contribution < 1.29 is 4.79 Å². The predicted octanol–water partition coefficient (Wildman–Crippen LogP) is 3.66. The summed E-state index contributed by atoms with van der Waals surface area (Å²) in [5, 5.41) is 0. The first-order chi connectivity index (χ1) is 6.41. The van der Waals surface area contributed by atoms with Crippen molar-refractivity contribution in [1.29, 1.82) is 0 Å². The van der Waals surface area contributed by atoms with E-state index in [1.54, 1.807) is 6.08 Å². The SMILES string of the molecule is CC/C=C/CCCCCC=CC=O. The number of rotatable bonds is 8. The highest BCUT2D eigenvalue weighted by Gasteiger charge is 1.84. The number of unbranched alkanes of at least 4 members (excludes halogenated alkanes) is 4. The van der Waals surface area contributed by atoms with E-state index >= 15 is 0 Å². The zero-order valence-corrected chi connectivity index (χ0v) is 8.54. The molecule has 0 aromatic carbocycles. The van der Waals surface area contributed by atoms with Crippen LogP contribution in [0.5, 0.6) is 0 Å². The quantitative estimate of drug-likeness (QED) is 0.241. The first-order valence-electron chi connectivity index (χ1n) is 5.17. The Hall–Kier alpha value is -0.850. The van der Waals surface area contributed by atoms with E-state index < -0.39 is 0 Å². The summed E-state index contributed by atoms with van der Waals surface area (Å²) >= 11 is 0. The van der Waals surface area contributed by atoms with E-state index in [1.807, 2.05) is 6.08 Å². The summed E-state index contributed by atoms with van der Waals surface area (Å²) < 4.78 is 0. The van der Waals surface area contributed by atoms with Crippen LogP contribution in [-0.4, -0.2) is 6.29 Å². The summed E-state index contributed by atoms with van der Waals surface area (Å²) in [6.07, 6.45) is 15.9. The smallest absolute Gasteiger partial charge is 0.142 e. The molecule has 0 saturated heterocycles. The van der Waals surface area contributed by atoms with Crippen LogP contribution in [0, 0.1) is 0 Å². The molecular weight excluding hydrogens is 160 g/mol. The minimum absolute atomic E-state index is 0.837. The van der Waals surface area contributed by atoms with Crippen LogP contribution >= 0.6 is 0 Å². The Labute approximate surface area is 81.5 Å². The van der Waals surface area contributed by atoms with Crippen LogP contribution in [0.4, 0.5) is 0 Å². The first kappa shape index (κ1) is 12.2. The highest BCUT2D eigenvalue weighted by Crippen LogP contribution is 2.04. The fraction of sp³-hybridized carbons (Fsp3) is 0.583. The van der Waals surface area contributed by atoms with Crippen molar-refractivity contribution in [1.82, 2.24) is 0 Å². The number of hydrogen-bond acceptors (Lipinski definition) is 1. The molecule has 13 heavy (non-hydrogen) atoms. The average molecular weight is 180 g/mol. The van der Waals surface area contributed by atoms with Gasteiger partial charge in [0, 0.05) is 0 Å². The van der Waals surface area contributed by atoms with Gasteiger partial charge in [-0.15, -0.1) is 0 Å². The number of carbonyl (C=O) groups excluding carboxylic acids is 1. The van der Waals surface area contributed by atoms with Crippen LogP contribution in [0.2, 0.25) is 0 Å². The molecule has 0 spiro atoms. The Kier molecular flexibility index (Phi) is 10.4. The van der Waals surface area contributed by atoms with E-state index in [0.717, 1.165) is 19.1 Å². The third kappa shape index (κ3) is 11.1. The molecule has 1 heteroatoms. The zero-order valence-electron chi connectivity index (χ0n) is 8.54. The second-order valence-electron chi connectivity index (χ2n) is 3.08. The van der Waals surface area contributed by atoms with Crippen LogP contribution in [0.3, 0.4) is 0 Å². The Morgan fingerprint density at radius 1 is 0.923 bits per heavy atom. The molecule has 0 rings (SSSR count). The van der Waals surface area contributed by atoms with E-state index in [2.05, 4.69) is 19.1 Å². The summed E-state index contributed by atoms with van der Waals surface area (Å²) in [7, 11) is 0. The molecule has 0 fully saturated rings. The molecule has 0 aliphatic carbocycles.